The molecule has 9 rings (SSSR count). The van der Waals surface area contributed by atoms with Crippen molar-refractivity contribution in [3.63, 3.8) is 0 Å². The number of fused-ring (bicyclic) bond motifs is 2. The molecule has 1 heterocycles. The minimum Gasteiger partial charge on any atom is -0.497 e. The molecule has 2 aromatic carbocycles. The number of hydrogen-bond donors (Lipinski definition) is 2. The molecule has 52 heavy (non-hydrogen) atoms. The van der Waals surface area contributed by atoms with Crippen LogP contribution in [0.25, 0.3) is 10.1 Å². The van der Waals surface area contributed by atoms with Crippen molar-refractivity contribution in [1.29, 1.82) is 0 Å². The highest BCUT2D eigenvalue weighted by molar-refractivity contribution is 7.21. The van der Waals surface area contributed by atoms with E-state index in [2.05, 4.69) is 44.2 Å². The van der Waals surface area contributed by atoms with Crippen LogP contribution in [0.15, 0.2) is 72.3 Å². The van der Waals surface area contributed by atoms with Gasteiger partial charge in [-0.2, -0.15) is 0 Å². The van der Waals surface area contributed by atoms with Crippen molar-refractivity contribution in [2.24, 2.45) is 33.5 Å². The average molecular weight is 726 g/mol. The Morgan fingerprint density at radius 3 is 2.44 bits per heavy atom. The second kappa shape index (κ2) is 12.5. The fourth-order valence-electron chi connectivity index (χ4n) is 11.7. The molecule has 6 aliphatic carbocycles. The number of ketones is 1. The van der Waals surface area contributed by atoms with Gasteiger partial charge in [0.25, 0.3) is 0 Å². The van der Waals surface area contributed by atoms with Crippen molar-refractivity contribution in [2.45, 2.75) is 84.0 Å². The number of allylic oxidation sites excluding steroid dienone is 4. The zero-order valence-electron chi connectivity index (χ0n) is 30.9. The Morgan fingerprint density at radius 2 is 1.69 bits per heavy atom. The lowest BCUT2D eigenvalue weighted by molar-refractivity contribution is -0.175. The number of benzene rings is 2. The quantitative estimate of drug-likeness (QED) is 0.169. The Morgan fingerprint density at radius 1 is 0.942 bits per heavy atom. The topological polar surface area (TPSA) is 106 Å². The molecule has 9 heteroatoms. The lowest BCUT2D eigenvalue weighted by Crippen LogP contribution is -2.67. The third-order valence-corrected chi connectivity index (χ3v) is 15.6. The van der Waals surface area contributed by atoms with Crippen molar-refractivity contribution < 1.29 is 34.0 Å². The highest BCUT2D eigenvalue weighted by Gasteiger charge is 2.74. The first-order valence-electron chi connectivity index (χ1n) is 18.9. The summed E-state index contributed by atoms with van der Waals surface area (Å²) in [5.41, 5.74) is -1.34. The van der Waals surface area contributed by atoms with E-state index >= 15 is 4.79 Å². The molecule has 3 fully saturated rings. The number of hydrogen-bond acceptors (Lipinski definition) is 8. The number of amides is 1. The molecule has 1 amide bonds. The van der Waals surface area contributed by atoms with E-state index in [0.717, 1.165) is 58.2 Å². The minimum atomic E-state index is -1.24. The predicted octanol–water partition coefficient (Wildman–Crippen LogP) is 8.35. The number of carbonyl (C=O) groups is 2. The summed E-state index contributed by atoms with van der Waals surface area (Å²) in [5.74, 6) is 1.45. The monoisotopic (exact) mass is 725 g/mol. The normalized spacial score (nSPS) is 35.7. The van der Waals surface area contributed by atoms with E-state index in [1.54, 1.807) is 43.4 Å². The van der Waals surface area contributed by atoms with Crippen LogP contribution in [0.2, 0.25) is 0 Å². The summed E-state index contributed by atoms with van der Waals surface area (Å²) in [6.45, 7) is 6.89. The molecule has 0 radical (unpaired) electrons. The van der Waals surface area contributed by atoms with Crippen molar-refractivity contribution in [2.75, 3.05) is 27.4 Å². The molecule has 2 N–H and O–H groups in total. The van der Waals surface area contributed by atoms with Gasteiger partial charge in [0, 0.05) is 38.1 Å². The lowest BCUT2D eigenvalue weighted by Gasteiger charge is -2.71. The summed E-state index contributed by atoms with van der Waals surface area (Å²) in [7, 11) is 3.19. The Bertz CT molecular complexity index is 1950. The number of nitrogens with zero attached hydrogens (tertiary/aromatic N) is 1. The summed E-state index contributed by atoms with van der Waals surface area (Å²) in [5, 5.41) is 25.2. The summed E-state index contributed by atoms with van der Waals surface area (Å²) < 4.78 is 17.8. The summed E-state index contributed by atoms with van der Waals surface area (Å²) in [4.78, 5) is 31.1. The molecule has 3 aromatic rings. The van der Waals surface area contributed by atoms with Crippen LogP contribution in [0.3, 0.4) is 0 Å². The summed E-state index contributed by atoms with van der Waals surface area (Å²) >= 11 is 1.55. The van der Waals surface area contributed by atoms with E-state index in [9.17, 15) is 15.0 Å². The van der Waals surface area contributed by atoms with E-state index < -0.39 is 34.0 Å². The van der Waals surface area contributed by atoms with Gasteiger partial charge in [-0.1, -0.05) is 50.3 Å². The Balaban J connectivity index is 1.20. The third-order valence-electron chi connectivity index (χ3n) is 14.4. The van der Waals surface area contributed by atoms with Crippen LogP contribution in [0.4, 0.5) is 4.79 Å². The van der Waals surface area contributed by atoms with Crippen molar-refractivity contribution >= 4 is 33.3 Å². The molecular formula is C43H51NO7S. The first-order valence-corrected chi connectivity index (χ1v) is 19.7. The van der Waals surface area contributed by atoms with Gasteiger partial charge in [0.1, 0.15) is 11.5 Å². The smallest absolute Gasteiger partial charge is 0.410 e. The molecule has 0 aliphatic heterocycles. The third kappa shape index (κ3) is 4.91. The van der Waals surface area contributed by atoms with Gasteiger partial charge in [0.2, 0.25) is 0 Å². The fourth-order valence-corrected chi connectivity index (χ4v) is 12.7. The van der Waals surface area contributed by atoms with E-state index in [4.69, 9.17) is 14.2 Å². The summed E-state index contributed by atoms with van der Waals surface area (Å²) in [6.07, 6.45) is 11.1. The molecule has 2 bridgehead atoms. The van der Waals surface area contributed by atoms with Crippen molar-refractivity contribution in [3.8, 4) is 11.5 Å². The Hall–Kier alpha value is -3.66. The van der Waals surface area contributed by atoms with Gasteiger partial charge < -0.3 is 29.3 Å². The van der Waals surface area contributed by atoms with E-state index in [-0.39, 0.29) is 42.7 Å². The van der Waals surface area contributed by atoms with E-state index in [1.165, 1.54) is 0 Å². The maximum atomic E-state index is 15.1. The fraction of sp³-hybridized carbons (Fsp3) is 0.535. The SMILES string of the molecule is CCOC(=O)N(Cc1ccc(OC)cc1OC)CC1(O)CCC2C34C=CC5(C=C3C(=O)c3cc6ccccc6s3)CC(O)CCC5(C)C4CCC21C. The van der Waals surface area contributed by atoms with Crippen molar-refractivity contribution in [1.82, 2.24) is 4.90 Å². The van der Waals surface area contributed by atoms with Crippen LogP contribution in [-0.4, -0.2) is 66.1 Å². The highest BCUT2D eigenvalue weighted by Crippen LogP contribution is 2.78. The number of aliphatic hydroxyl groups is 2. The van der Waals surface area contributed by atoms with Crippen LogP contribution in [0.1, 0.15) is 81.0 Å². The molecule has 3 saturated carbocycles. The van der Waals surface area contributed by atoms with Crippen LogP contribution in [-0.2, 0) is 11.3 Å². The van der Waals surface area contributed by atoms with Gasteiger partial charge >= 0.3 is 6.09 Å². The van der Waals surface area contributed by atoms with Gasteiger partial charge in [-0.25, -0.2) is 4.79 Å². The standard InChI is InChI=1S/C43H51NO7S/c1-6-51-38(47)44(25-28-11-12-30(49-4)22-32(28)50-5)26-42(48)18-15-36-40(42,3)17-14-35-39(2)16-13-29(45)23-41(39)19-20-43(35,36)31(24-41)37(46)34-21-27-9-7-8-10-33(27)52-34/h7-12,19-22,24,29,35-36,45,48H,6,13-18,23,25-26H2,1-5H3. The molecule has 2 spiro atoms. The molecule has 6 aliphatic rings. The number of ether oxygens (including phenoxy) is 3. The number of thiophene rings is 1. The van der Waals surface area contributed by atoms with Gasteiger partial charge in [0.05, 0.1) is 50.5 Å². The number of rotatable bonds is 9. The number of aliphatic hydroxyl groups excluding tert-OH is 1. The molecular weight excluding hydrogens is 675 g/mol. The molecule has 276 valence electrons. The first-order chi connectivity index (χ1) is 24.9. The average Bonchev–Trinajstić information content (AvgIpc) is 3.69. The maximum Gasteiger partial charge on any atom is 0.410 e. The van der Waals surface area contributed by atoms with Gasteiger partial charge in [0.15, 0.2) is 5.78 Å². The van der Waals surface area contributed by atoms with E-state index in [1.807, 2.05) is 30.3 Å². The number of carbonyl (C=O) groups excluding carboxylic acids is 2. The van der Waals surface area contributed by atoms with Crippen LogP contribution in [0.5, 0.6) is 11.5 Å². The molecule has 8 nitrogen and oxygen atoms in total. The zero-order chi connectivity index (χ0) is 36.7. The van der Waals surface area contributed by atoms with Crippen LogP contribution >= 0.6 is 11.3 Å². The highest BCUT2D eigenvalue weighted by atomic mass is 32.1. The van der Waals surface area contributed by atoms with Gasteiger partial charge in [-0.3, -0.25) is 4.79 Å². The lowest BCUT2D eigenvalue weighted by atomic mass is 9.32. The van der Waals surface area contributed by atoms with Gasteiger partial charge in [-0.15, -0.1) is 11.3 Å². The maximum absolute atomic E-state index is 15.1. The molecule has 1 aromatic heterocycles. The zero-order valence-corrected chi connectivity index (χ0v) is 31.8. The summed E-state index contributed by atoms with van der Waals surface area (Å²) in [6, 6.07) is 15.7. The number of Topliss-reactive ketones (excluding diaryl/α,β-unsaturated/α-hetero) is 1. The number of methoxy groups -OCH3 is 2. The largest absolute Gasteiger partial charge is 0.497 e. The minimum absolute atomic E-state index is 0.0360. The van der Waals surface area contributed by atoms with Crippen LogP contribution in [0, 0.1) is 33.5 Å². The second-order valence-electron chi connectivity index (χ2n) is 16.5. The Labute approximate surface area is 310 Å². The predicted molar refractivity (Wildman–Crippen MR) is 202 cm³/mol. The molecule has 8 atom stereocenters. The van der Waals surface area contributed by atoms with Crippen molar-refractivity contribution in [3.05, 3.63) is 82.8 Å². The van der Waals surface area contributed by atoms with E-state index in [0.29, 0.717) is 24.3 Å². The Kier molecular flexibility index (Phi) is 8.47. The molecule has 8 unspecified atom stereocenters. The first kappa shape index (κ1) is 35.4. The molecule has 0 saturated heterocycles. The van der Waals surface area contributed by atoms with Gasteiger partial charge in [-0.05, 0) is 98.8 Å². The van der Waals surface area contributed by atoms with Crippen LogP contribution < -0.4 is 9.47 Å². The second-order valence-corrected chi connectivity index (χ2v) is 17.6.